The lowest BCUT2D eigenvalue weighted by atomic mass is 10.2. The summed E-state index contributed by atoms with van der Waals surface area (Å²) in [5.41, 5.74) is 0. The summed E-state index contributed by atoms with van der Waals surface area (Å²) >= 11 is 9.80. The Morgan fingerprint density at radius 1 is 0.538 bits per heavy atom. The zero-order valence-corrected chi connectivity index (χ0v) is 29.8. The zero-order valence-electron chi connectivity index (χ0n) is 26.3. The maximum absolute atomic E-state index is 9.81. The molecule has 0 aliphatic rings. The Hall–Kier alpha value is 0.800. The topological polar surface area (TPSA) is 98.7 Å². The lowest BCUT2D eigenvalue weighted by Crippen LogP contribution is -2.46. The number of nitrogens with zero attached hydrogens (tertiary/aromatic N) is 2. The van der Waals surface area contributed by atoms with Crippen LogP contribution in [0.4, 0.5) is 0 Å². The Labute approximate surface area is 252 Å². The van der Waals surface area contributed by atoms with Crippen LogP contribution in [0.1, 0.15) is 119 Å². The predicted molar refractivity (Wildman–Crippen MR) is 166 cm³/mol. The first-order valence-electron chi connectivity index (χ1n) is 15.0. The molecule has 0 amide bonds. The third kappa shape index (κ3) is 31.6. The minimum atomic E-state index is -3.69. The normalized spacial score (nSPS) is 13.6. The van der Waals surface area contributed by atoms with Crippen LogP contribution in [0, 0.1) is 0 Å². The number of rotatable bonds is 22. The summed E-state index contributed by atoms with van der Waals surface area (Å²) in [7, 11) is -2.48. The van der Waals surface area contributed by atoms with Crippen LogP contribution >= 0.6 is 39.7 Å². The number of quaternary nitrogens is 2. The van der Waals surface area contributed by atoms with E-state index in [1.165, 1.54) is 125 Å². The molecule has 0 aliphatic heterocycles. The number of alkyl halides is 2. The fourth-order valence-electron chi connectivity index (χ4n) is 4.12. The first-order valence-corrected chi connectivity index (χ1v) is 18.3. The summed E-state index contributed by atoms with van der Waals surface area (Å²) in [6.45, 7) is 22.1. The van der Waals surface area contributed by atoms with E-state index in [9.17, 15) is 18.9 Å². The number of unbranched alkanes of at least 4 members (excludes halogenated alkanes) is 6. The summed E-state index contributed by atoms with van der Waals surface area (Å²) in [6, 6.07) is 0. The van der Waals surface area contributed by atoms with Crippen LogP contribution in [0.2, 0.25) is 0 Å². The molecule has 240 valence electrons. The molecule has 0 bridgehead atoms. The Kier molecular flexibility index (Phi) is 31.3. The van der Waals surface area contributed by atoms with E-state index < -0.39 is 21.2 Å². The summed E-state index contributed by atoms with van der Waals surface area (Å²) in [6.07, 6.45) is 16.4. The molecule has 0 rings (SSSR count). The van der Waals surface area contributed by atoms with Crippen LogP contribution in [0.15, 0.2) is 0 Å². The van der Waals surface area contributed by atoms with Gasteiger partial charge < -0.3 is 27.9 Å². The highest BCUT2D eigenvalue weighted by molar-refractivity contribution is 7.31. The smallest absolute Gasteiger partial charge is 0.340 e. The molecular formula is C27H62Cl2N2O6P2. The second kappa shape index (κ2) is 27.6. The molecule has 8 nitrogen and oxygen atoms in total. The third-order valence-electron chi connectivity index (χ3n) is 6.71. The van der Waals surface area contributed by atoms with Gasteiger partial charge in [0.2, 0.25) is 0 Å². The molecule has 0 N–H and O–H groups in total. The van der Waals surface area contributed by atoms with Crippen LogP contribution in [-0.2, 0) is 18.2 Å². The van der Waals surface area contributed by atoms with E-state index in [-0.39, 0.29) is 0 Å². The van der Waals surface area contributed by atoms with E-state index in [1.54, 1.807) is 0 Å². The van der Waals surface area contributed by atoms with Crippen molar-refractivity contribution < 1.29 is 36.9 Å². The van der Waals surface area contributed by atoms with E-state index >= 15 is 0 Å². The van der Waals surface area contributed by atoms with Crippen molar-refractivity contribution in [2.45, 2.75) is 123 Å². The second-order valence-electron chi connectivity index (χ2n) is 10.9. The van der Waals surface area contributed by atoms with Crippen molar-refractivity contribution in [3.63, 3.8) is 0 Å². The molecule has 39 heavy (non-hydrogen) atoms. The van der Waals surface area contributed by atoms with Gasteiger partial charge in [0.25, 0.3) is 0 Å². The Balaban J connectivity index is -0.000000503. The molecule has 0 spiro atoms. The van der Waals surface area contributed by atoms with Gasteiger partial charge in [0, 0.05) is 0 Å². The number of hydrogen-bond acceptors (Lipinski definition) is 6. The molecule has 0 aromatic carbocycles. The first kappa shape index (κ1) is 44.2. The van der Waals surface area contributed by atoms with Crippen molar-refractivity contribution in [1.29, 1.82) is 0 Å². The van der Waals surface area contributed by atoms with E-state index in [4.69, 9.17) is 23.2 Å². The van der Waals surface area contributed by atoms with E-state index in [0.29, 0.717) is 0 Å². The van der Waals surface area contributed by atoms with Crippen LogP contribution < -0.4 is 9.79 Å². The largest absolute Gasteiger partial charge is 0.781 e. The standard InChI is InChI=1S/2C13H30N.CH4Cl2O6P2/c2*1-5-8-11-14(4,12-9-6-2)13-10-7-3;2-1(3,8-10(4)5)9-11(6)7/h2*5-13H2,1-4H3;10-11H,(H,4,5)(H,6,7)/q2*+1;/p-2. The van der Waals surface area contributed by atoms with Gasteiger partial charge in [0.05, 0.1) is 53.4 Å². The summed E-state index contributed by atoms with van der Waals surface area (Å²) < 4.78 is 26.9. The summed E-state index contributed by atoms with van der Waals surface area (Å²) in [5.74, 6) is 0. The van der Waals surface area contributed by atoms with Gasteiger partial charge in [-0.05, 0) is 61.7 Å². The average Bonchev–Trinajstić information content (AvgIpc) is 2.85. The van der Waals surface area contributed by atoms with Crippen molar-refractivity contribution in [3.05, 3.63) is 0 Å². The summed E-state index contributed by atoms with van der Waals surface area (Å²) in [5, 5.41) is 0. The van der Waals surface area contributed by atoms with Crippen molar-refractivity contribution in [2.75, 3.05) is 53.4 Å². The van der Waals surface area contributed by atoms with Crippen LogP contribution in [0.25, 0.3) is 0 Å². The number of halogens is 2. The highest BCUT2D eigenvalue weighted by atomic mass is 35.5. The molecule has 0 fully saturated rings. The van der Waals surface area contributed by atoms with Gasteiger partial charge in [-0.1, -0.05) is 80.1 Å². The zero-order chi connectivity index (χ0) is 30.8. The highest BCUT2D eigenvalue weighted by Gasteiger charge is 2.26. The molecule has 12 heteroatoms. The molecule has 0 radical (unpaired) electrons. The lowest BCUT2D eigenvalue weighted by molar-refractivity contribution is -0.910. The van der Waals surface area contributed by atoms with Crippen molar-refractivity contribution >= 4 is 39.7 Å². The van der Waals surface area contributed by atoms with Gasteiger partial charge in [-0.15, -0.1) is 0 Å². The molecule has 0 aromatic heterocycles. The van der Waals surface area contributed by atoms with Gasteiger partial charge in [-0.3, -0.25) is 9.05 Å². The summed E-state index contributed by atoms with van der Waals surface area (Å²) in [4.78, 5) is 19.6. The quantitative estimate of drug-likeness (QED) is 0.0533. The molecule has 0 saturated heterocycles. The molecular weight excluding hydrogens is 581 g/mol. The van der Waals surface area contributed by atoms with Crippen LogP contribution in [0.3, 0.4) is 0 Å². The minimum Gasteiger partial charge on any atom is -0.781 e. The van der Waals surface area contributed by atoms with Gasteiger partial charge >= 0.3 is 4.71 Å². The van der Waals surface area contributed by atoms with Crippen LogP contribution in [0.5, 0.6) is 0 Å². The van der Waals surface area contributed by atoms with Gasteiger partial charge in [0.15, 0.2) is 0 Å². The average molecular weight is 644 g/mol. The molecule has 0 aromatic rings. The predicted octanol–water partition coefficient (Wildman–Crippen LogP) is 7.28. The molecule has 0 heterocycles. The van der Waals surface area contributed by atoms with Crippen molar-refractivity contribution in [1.82, 2.24) is 0 Å². The molecule has 0 aliphatic carbocycles. The van der Waals surface area contributed by atoms with Crippen LogP contribution in [-0.4, -0.2) is 67.0 Å². The van der Waals surface area contributed by atoms with Crippen molar-refractivity contribution in [2.24, 2.45) is 0 Å². The maximum atomic E-state index is 9.81. The fourth-order valence-corrected chi connectivity index (χ4v) is 5.44. The Bertz CT molecular complexity index is 513. The second-order valence-corrected chi connectivity index (χ2v) is 13.5. The van der Waals surface area contributed by atoms with E-state index in [0.717, 1.165) is 0 Å². The highest BCUT2D eigenvalue weighted by Crippen LogP contribution is 2.37. The first-order chi connectivity index (χ1) is 18.2. The molecule has 2 atom stereocenters. The van der Waals surface area contributed by atoms with E-state index in [2.05, 4.69) is 64.7 Å². The number of hydrogen-bond donors (Lipinski definition) is 0. The van der Waals surface area contributed by atoms with Gasteiger partial charge in [0.1, 0.15) is 16.5 Å². The fraction of sp³-hybridized carbons (Fsp3) is 1.00. The third-order valence-corrected chi connectivity index (χ3v) is 8.45. The Morgan fingerprint density at radius 3 is 0.846 bits per heavy atom. The lowest BCUT2D eigenvalue weighted by Gasteiger charge is -2.34. The van der Waals surface area contributed by atoms with E-state index in [1.807, 2.05) is 0 Å². The van der Waals surface area contributed by atoms with Crippen molar-refractivity contribution in [3.8, 4) is 0 Å². The molecule has 2 unspecified atom stereocenters. The monoisotopic (exact) mass is 642 g/mol. The Morgan fingerprint density at radius 2 is 0.718 bits per heavy atom. The molecule has 0 saturated carbocycles. The maximum Gasteiger partial charge on any atom is 0.340 e. The SMILES string of the molecule is CCCC[N+](C)(CCCC)CCCC.CCCC[N+](C)(CCCC)CCCC.O=[PH]([O-])OC(Cl)(Cl)O[PH](=O)[O-]. The van der Waals surface area contributed by atoms with Gasteiger partial charge in [-0.25, -0.2) is 0 Å². The minimum absolute atomic E-state index is 1.32. The van der Waals surface area contributed by atoms with Gasteiger partial charge in [-0.2, -0.15) is 0 Å².